The molecule has 4 heteroatoms. The number of nitrogens with zero attached hydrogens (tertiary/aromatic N) is 1. The summed E-state index contributed by atoms with van der Waals surface area (Å²) in [4.78, 5) is 17.9. The molecule has 0 unspecified atom stereocenters. The molecule has 0 saturated carbocycles. The van der Waals surface area contributed by atoms with E-state index in [1.807, 2.05) is 13.0 Å². The summed E-state index contributed by atoms with van der Waals surface area (Å²) in [5.41, 5.74) is 4.73. The molecule has 4 aromatic rings. The van der Waals surface area contributed by atoms with Crippen LogP contribution in [0.1, 0.15) is 40.7 Å². The van der Waals surface area contributed by atoms with Gasteiger partial charge in [0.2, 0.25) is 5.78 Å². The maximum absolute atomic E-state index is 13.4. The van der Waals surface area contributed by atoms with Crippen molar-refractivity contribution in [3.8, 4) is 0 Å². The van der Waals surface area contributed by atoms with Gasteiger partial charge in [0.15, 0.2) is 0 Å². The van der Waals surface area contributed by atoms with Gasteiger partial charge in [-0.05, 0) is 49.9 Å². The normalized spacial score (nSPS) is 11.6. The number of benzene rings is 1. The van der Waals surface area contributed by atoms with Gasteiger partial charge >= 0.3 is 0 Å². The van der Waals surface area contributed by atoms with Crippen molar-refractivity contribution in [2.75, 3.05) is 0 Å². The van der Waals surface area contributed by atoms with Crippen LogP contribution in [0.3, 0.4) is 0 Å². The van der Waals surface area contributed by atoms with Gasteiger partial charge < -0.3 is 9.55 Å². The lowest BCUT2D eigenvalue weighted by Gasteiger charge is -2.08. The molecule has 0 aliphatic heterocycles. The highest BCUT2D eigenvalue weighted by Crippen LogP contribution is 2.30. The number of fused-ring (bicyclic) bond motifs is 2. The van der Waals surface area contributed by atoms with Crippen LogP contribution in [0.25, 0.3) is 21.1 Å². The maximum atomic E-state index is 13.4. The number of aryl methyl sites for hydroxylation is 3. The molecule has 4 rings (SSSR count). The predicted octanol–water partition coefficient (Wildman–Crippen LogP) is 5.44. The van der Waals surface area contributed by atoms with Crippen LogP contribution in [0, 0.1) is 13.8 Å². The van der Waals surface area contributed by atoms with Crippen molar-refractivity contribution in [3.63, 3.8) is 0 Å². The summed E-state index contributed by atoms with van der Waals surface area (Å²) < 4.78 is 2.18. The SMILES string of the molecule is CCCn1c(C(=O)c2c(C)[nH]c3ccc(C)cc23)cc2ccsc21. The van der Waals surface area contributed by atoms with E-state index < -0.39 is 0 Å². The van der Waals surface area contributed by atoms with Gasteiger partial charge in [-0.2, -0.15) is 0 Å². The van der Waals surface area contributed by atoms with Crippen molar-refractivity contribution in [2.45, 2.75) is 33.7 Å². The van der Waals surface area contributed by atoms with Gasteiger partial charge in [-0.25, -0.2) is 0 Å². The molecule has 0 bridgehead atoms. The van der Waals surface area contributed by atoms with E-state index in [9.17, 15) is 4.79 Å². The Morgan fingerprint density at radius 1 is 1.21 bits per heavy atom. The second kappa shape index (κ2) is 5.64. The van der Waals surface area contributed by atoms with E-state index in [-0.39, 0.29) is 5.78 Å². The van der Waals surface area contributed by atoms with Gasteiger partial charge in [0, 0.05) is 28.5 Å². The Kier molecular flexibility index (Phi) is 3.57. The summed E-state index contributed by atoms with van der Waals surface area (Å²) in [5.74, 6) is 0.112. The highest BCUT2D eigenvalue weighted by molar-refractivity contribution is 7.16. The number of H-pyrrole nitrogens is 1. The fourth-order valence-electron chi connectivity index (χ4n) is 3.47. The van der Waals surface area contributed by atoms with E-state index in [1.165, 1.54) is 10.4 Å². The van der Waals surface area contributed by atoms with Crippen LogP contribution in [0.4, 0.5) is 0 Å². The molecule has 1 aromatic carbocycles. The molecule has 0 saturated heterocycles. The van der Waals surface area contributed by atoms with Crippen LogP contribution in [0.2, 0.25) is 0 Å². The van der Waals surface area contributed by atoms with Crippen LogP contribution in [-0.4, -0.2) is 15.3 Å². The van der Waals surface area contributed by atoms with E-state index in [4.69, 9.17) is 0 Å². The molecule has 0 aliphatic carbocycles. The van der Waals surface area contributed by atoms with Gasteiger partial charge in [0.1, 0.15) is 4.83 Å². The first kappa shape index (κ1) is 15.2. The molecule has 3 nitrogen and oxygen atoms in total. The standard InChI is InChI=1S/C20H20N2OS/c1-4-8-22-17(11-14-7-9-24-20(14)22)19(23)18-13(3)21-16-6-5-12(2)10-15(16)18/h5-7,9-11,21H,4,8H2,1-3H3. The second-order valence-electron chi connectivity index (χ2n) is 6.37. The minimum atomic E-state index is 0.112. The van der Waals surface area contributed by atoms with Gasteiger partial charge in [0.25, 0.3) is 0 Å². The van der Waals surface area contributed by atoms with Crippen LogP contribution >= 0.6 is 11.3 Å². The number of thiophene rings is 1. The Morgan fingerprint density at radius 2 is 2.04 bits per heavy atom. The van der Waals surface area contributed by atoms with E-state index in [0.717, 1.165) is 46.2 Å². The summed E-state index contributed by atoms with van der Waals surface area (Å²) in [7, 11) is 0. The average molecular weight is 336 g/mol. The Labute approximate surface area is 144 Å². The molecule has 122 valence electrons. The summed E-state index contributed by atoms with van der Waals surface area (Å²) in [6.45, 7) is 7.06. The first-order chi connectivity index (χ1) is 11.6. The Balaban J connectivity index is 1.93. The molecule has 0 radical (unpaired) electrons. The lowest BCUT2D eigenvalue weighted by atomic mass is 10.0. The maximum Gasteiger partial charge on any atom is 0.211 e. The fourth-order valence-corrected chi connectivity index (χ4v) is 4.39. The molecule has 0 spiro atoms. The van der Waals surface area contributed by atoms with Crippen molar-refractivity contribution >= 4 is 38.2 Å². The minimum absolute atomic E-state index is 0.112. The number of ketones is 1. The lowest BCUT2D eigenvalue weighted by molar-refractivity contribution is 0.103. The topological polar surface area (TPSA) is 37.8 Å². The summed E-state index contributed by atoms with van der Waals surface area (Å²) in [6.07, 6.45) is 1.01. The molecule has 0 aliphatic rings. The molecule has 0 atom stereocenters. The Morgan fingerprint density at radius 3 is 2.83 bits per heavy atom. The second-order valence-corrected chi connectivity index (χ2v) is 7.26. The predicted molar refractivity (Wildman–Crippen MR) is 101 cm³/mol. The van der Waals surface area contributed by atoms with Crippen molar-refractivity contribution in [2.24, 2.45) is 0 Å². The molecule has 0 amide bonds. The first-order valence-corrected chi connectivity index (χ1v) is 9.18. The first-order valence-electron chi connectivity index (χ1n) is 8.30. The molecule has 1 N–H and O–H groups in total. The molecule has 3 aromatic heterocycles. The van der Waals surface area contributed by atoms with Crippen molar-refractivity contribution < 1.29 is 4.79 Å². The lowest BCUT2D eigenvalue weighted by Crippen LogP contribution is -2.10. The smallest absolute Gasteiger partial charge is 0.211 e. The molecule has 24 heavy (non-hydrogen) atoms. The number of carbonyl (C=O) groups is 1. The Hall–Kier alpha value is -2.33. The highest BCUT2D eigenvalue weighted by atomic mass is 32.1. The van der Waals surface area contributed by atoms with Gasteiger partial charge in [0.05, 0.1) is 11.3 Å². The van der Waals surface area contributed by atoms with Gasteiger partial charge in [-0.3, -0.25) is 4.79 Å². The highest BCUT2D eigenvalue weighted by Gasteiger charge is 2.22. The fraction of sp³-hybridized carbons (Fsp3) is 0.250. The van der Waals surface area contributed by atoms with Crippen LogP contribution in [-0.2, 0) is 6.54 Å². The number of carbonyl (C=O) groups excluding carboxylic acids is 1. The number of aromatic nitrogens is 2. The molecule has 0 fully saturated rings. The van der Waals surface area contributed by atoms with Crippen molar-refractivity contribution in [3.05, 3.63) is 58.2 Å². The van der Waals surface area contributed by atoms with E-state index in [0.29, 0.717) is 0 Å². The molecular weight excluding hydrogens is 316 g/mol. The summed E-state index contributed by atoms with van der Waals surface area (Å²) >= 11 is 1.70. The van der Waals surface area contributed by atoms with Gasteiger partial charge in [-0.15, -0.1) is 11.3 Å². The van der Waals surface area contributed by atoms with Crippen LogP contribution in [0.5, 0.6) is 0 Å². The monoisotopic (exact) mass is 336 g/mol. The average Bonchev–Trinajstić information content (AvgIpc) is 3.20. The van der Waals surface area contributed by atoms with Crippen LogP contribution in [0.15, 0.2) is 35.7 Å². The third kappa shape index (κ3) is 2.21. The van der Waals surface area contributed by atoms with Crippen molar-refractivity contribution in [1.29, 1.82) is 0 Å². The van der Waals surface area contributed by atoms with E-state index >= 15 is 0 Å². The number of aromatic amines is 1. The number of nitrogens with one attached hydrogen (secondary N) is 1. The molecule has 3 heterocycles. The van der Waals surface area contributed by atoms with E-state index in [2.05, 4.69) is 53.0 Å². The van der Waals surface area contributed by atoms with Crippen LogP contribution < -0.4 is 0 Å². The third-order valence-corrected chi connectivity index (χ3v) is 5.50. The largest absolute Gasteiger partial charge is 0.358 e. The third-order valence-electron chi connectivity index (χ3n) is 4.55. The zero-order chi connectivity index (χ0) is 16.8. The zero-order valence-corrected chi connectivity index (χ0v) is 15.0. The number of rotatable bonds is 4. The van der Waals surface area contributed by atoms with Gasteiger partial charge in [-0.1, -0.05) is 18.6 Å². The Bertz CT molecular complexity index is 1060. The zero-order valence-electron chi connectivity index (χ0n) is 14.1. The van der Waals surface area contributed by atoms with E-state index in [1.54, 1.807) is 11.3 Å². The molecular formula is C20H20N2OS. The summed E-state index contributed by atoms with van der Waals surface area (Å²) in [6, 6.07) is 10.4. The number of hydrogen-bond acceptors (Lipinski definition) is 2. The summed E-state index contributed by atoms with van der Waals surface area (Å²) in [5, 5.41) is 4.27. The number of hydrogen-bond donors (Lipinski definition) is 1. The van der Waals surface area contributed by atoms with Crippen molar-refractivity contribution in [1.82, 2.24) is 9.55 Å². The minimum Gasteiger partial charge on any atom is -0.358 e. The quantitative estimate of drug-likeness (QED) is 0.495.